The number of hydrogen-bond donors (Lipinski definition) is 0. The molecule has 3 heteroatoms. The fourth-order valence-corrected chi connectivity index (χ4v) is 1.57. The van der Waals surface area contributed by atoms with Crippen LogP contribution in [0.4, 0.5) is 0 Å². The molecule has 70 valence electrons. The van der Waals surface area contributed by atoms with Crippen molar-refractivity contribution in [2.45, 2.75) is 26.6 Å². The molecule has 0 amide bonds. The molecule has 0 saturated heterocycles. The van der Waals surface area contributed by atoms with E-state index < -0.39 is 8.32 Å². The van der Waals surface area contributed by atoms with Gasteiger partial charge in [-0.05, 0) is 32.6 Å². The molecule has 12 heavy (non-hydrogen) atoms. The van der Waals surface area contributed by atoms with E-state index in [0.29, 0.717) is 0 Å². The Bertz CT molecular complexity index is 177. The van der Waals surface area contributed by atoms with Gasteiger partial charge < -0.3 is 9.16 Å². The van der Waals surface area contributed by atoms with Crippen LogP contribution < -0.4 is 0 Å². The predicted molar refractivity (Wildman–Crippen MR) is 54.3 cm³/mol. The summed E-state index contributed by atoms with van der Waals surface area (Å²) in [5.41, 5.74) is 0. The van der Waals surface area contributed by atoms with Gasteiger partial charge in [-0.2, -0.15) is 0 Å². The minimum atomic E-state index is -1.47. The molecule has 0 rings (SSSR count). The Morgan fingerprint density at radius 3 is 2.17 bits per heavy atom. The molecule has 0 aromatic rings. The van der Waals surface area contributed by atoms with Gasteiger partial charge in [0.05, 0.1) is 13.4 Å². The Kier molecular flexibility index (Phi) is 4.74. The van der Waals surface area contributed by atoms with E-state index in [-0.39, 0.29) is 0 Å². The molecule has 0 unspecified atom stereocenters. The summed E-state index contributed by atoms with van der Waals surface area (Å²) < 4.78 is 10.5. The maximum absolute atomic E-state index is 5.72. The molecule has 0 radical (unpaired) electrons. The summed E-state index contributed by atoms with van der Waals surface area (Å²) in [6.45, 7) is 8.40. The van der Waals surface area contributed by atoms with Gasteiger partial charge in [0.2, 0.25) is 8.32 Å². The largest absolute Gasteiger partial charge is 0.544 e. The van der Waals surface area contributed by atoms with Crippen molar-refractivity contribution in [2.24, 2.45) is 0 Å². The number of methoxy groups -OCH3 is 1. The van der Waals surface area contributed by atoms with Crippen molar-refractivity contribution in [1.82, 2.24) is 0 Å². The molecule has 0 aromatic heterocycles. The monoisotopic (exact) mass is 186 g/mol. The minimum absolute atomic E-state index is 0.885. The summed E-state index contributed by atoms with van der Waals surface area (Å²) >= 11 is 0. The summed E-state index contributed by atoms with van der Waals surface area (Å²) in [4.78, 5) is 0. The van der Waals surface area contributed by atoms with Crippen LogP contribution in [0.3, 0.4) is 0 Å². The van der Waals surface area contributed by atoms with Gasteiger partial charge in [0.1, 0.15) is 5.76 Å². The molecule has 0 saturated carbocycles. The highest BCUT2D eigenvalue weighted by Crippen LogP contribution is 2.10. The molecule has 0 aromatic carbocycles. The lowest BCUT2D eigenvalue weighted by Crippen LogP contribution is -2.24. The van der Waals surface area contributed by atoms with Gasteiger partial charge in [0.25, 0.3) is 0 Å². The second-order valence-electron chi connectivity index (χ2n) is 3.44. The fourth-order valence-electron chi connectivity index (χ4n) is 0.678. The van der Waals surface area contributed by atoms with E-state index in [0.717, 1.165) is 5.76 Å². The van der Waals surface area contributed by atoms with Crippen LogP contribution in [-0.2, 0) is 9.16 Å². The van der Waals surface area contributed by atoms with Crippen molar-refractivity contribution in [1.29, 1.82) is 0 Å². The zero-order chi connectivity index (χ0) is 9.61. The van der Waals surface area contributed by atoms with Gasteiger partial charge in [0, 0.05) is 6.08 Å². The van der Waals surface area contributed by atoms with Gasteiger partial charge in [-0.25, -0.2) is 0 Å². The van der Waals surface area contributed by atoms with Gasteiger partial charge in [0.15, 0.2) is 0 Å². The first kappa shape index (κ1) is 11.3. The average Bonchev–Trinajstić information content (AvgIpc) is 1.95. The average molecular weight is 186 g/mol. The third kappa shape index (κ3) is 6.04. The molecular formula is C9H18O2Si. The third-order valence-electron chi connectivity index (χ3n) is 1.08. The Labute approximate surface area is 76.0 Å². The normalized spacial score (nSPS) is 13.6. The van der Waals surface area contributed by atoms with E-state index in [1.165, 1.54) is 0 Å². The van der Waals surface area contributed by atoms with Crippen molar-refractivity contribution < 1.29 is 9.16 Å². The van der Waals surface area contributed by atoms with Crippen molar-refractivity contribution in [2.75, 3.05) is 7.11 Å². The van der Waals surface area contributed by atoms with Crippen LogP contribution >= 0.6 is 0 Å². The highest BCUT2D eigenvalue weighted by Gasteiger charge is 2.15. The summed E-state index contributed by atoms with van der Waals surface area (Å²) in [6, 6.07) is 0. The predicted octanol–water partition coefficient (Wildman–Crippen LogP) is 2.90. The Morgan fingerprint density at radius 2 is 1.83 bits per heavy atom. The van der Waals surface area contributed by atoms with E-state index in [1.54, 1.807) is 13.4 Å². The van der Waals surface area contributed by atoms with Gasteiger partial charge in [-0.15, -0.1) is 0 Å². The standard InChI is InChI=1S/C9H18O2Si/c1-6-9(7-8-10-2)11-12(3,4)5/h6-8H,1-5H3/b8-7+,9-6+. The topological polar surface area (TPSA) is 18.5 Å². The fraction of sp³-hybridized carbons (Fsp3) is 0.556. The smallest absolute Gasteiger partial charge is 0.242 e. The first-order chi connectivity index (χ1) is 5.49. The number of allylic oxidation sites excluding steroid dienone is 2. The van der Waals surface area contributed by atoms with Crippen LogP contribution in [0, 0.1) is 0 Å². The summed E-state index contributed by atoms with van der Waals surface area (Å²) in [7, 11) is 0.157. The lowest BCUT2D eigenvalue weighted by atomic mass is 10.4. The third-order valence-corrected chi connectivity index (χ3v) is 1.93. The van der Waals surface area contributed by atoms with Crippen molar-refractivity contribution in [3.05, 3.63) is 24.2 Å². The van der Waals surface area contributed by atoms with Gasteiger partial charge in [-0.1, -0.05) is 0 Å². The highest BCUT2D eigenvalue weighted by atomic mass is 28.4. The van der Waals surface area contributed by atoms with E-state index in [1.807, 2.05) is 19.1 Å². The first-order valence-electron chi connectivity index (χ1n) is 4.04. The van der Waals surface area contributed by atoms with Crippen LogP contribution in [0.25, 0.3) is 0 Å². The van der Waals surface area contributed by atoms with Crippen LogP contribution in [-0.4, -0.2) is 15.4 Å². The molecular weight excluding hydrogens is 168 g/mol. The minimum Gasteiger partial charge on any atom is -0.544 e. The second-order valence-corrected chi connectivity index (χ2v) is 7.87. The van der Waals surface area contributed by atoms with E-state index in [9.17, 15) is 0 Å². The van der Waals surface area contributed by atoms with E-state index in [2.05, 4.69) is 19.6 Å². The quantitative estimate of drug-likeness (QED) is 0.382. The highest BCUT2D eigenvalue weighted by molar-refractivity contribution is 6.70. The molecule has 0 spiro atoms. The molecule has 0 fully saturated rings. The van der Waals surface area contributed by atoms with Crippen LogP contribution in [0.1, 0.15) is 6.92 Å². The van der Waals surface area contributed by atoms with Crippen molar-refractivity contribution >= 4 is 8.32 Å². The molecule has 0 bridgehead atoms. The molecule has 0 aliphatic heterocycles. The molecule has 0 aliphatic rings. The van der Waals surface area contributed by atoms with Crippen molar-refractivity contribution in [3.8, 4) is 0 Å². The lowest BCUT2D eigenvalue weighted by molar-refractivity contribution is 0.334. The molecule has 0 aliphatic carbocycles. The maximum atomic E-state index is 5.72. The zero-order valence-electron chi connectivity index (χ0n) is 8.55. The summed E-state index contributed by atoms with van der Waals surface area (Å²) in [6.07, 6.45) is 5.39. The Balaban J connectivity index is 4.12. The van der Waals surface area contributed by atoms with Crippen LogP contribution in [0.5, 0.6) is 0 Å². The van der Waals surface area contributed by atoms with E-state index in [4.69, 9.17) is 9.16 Å². The van der Waals surface area contributed by atoms with Crippen molar-refractivity contribution in [3.63, 3.8) is 0 Å². The number of rotatable bonds is 4. The van der Waals surface area contributed by atoms with Gasteiger partial charge >= 0.3 is 0 Å². The SMILES string of the molecule is C/C=C(\C=C\OC)O[Si](C)(C)C. The first-order valence-corrected chi connectivity index (χ1v) is 7.45. The molecule has 0 heterocycles. The number of ether oxygens (including phenoxy) is 1. The zero-order valence-corrected chi connectivity index (χ0v) is 9.55. The van der Waals surface area contributed by atoms with E-state index >= 15 is 0 Å². The Hall–Kier alpha value is -0.703. The molecule has 0 N–H and O–H groups in total. The molecule has 0 atom stereocenters. The summed E-state index contributed by atoms with van der Waals surface area (Å²) in [5, 5.41) is 0. The lowest BCUT2D eigenvalue weighted by Gasteiger charge is -2.19. The maximum Gasteiger partial charge on any atom is 0.242 e. The van der Waals surface area contributed by atoms with Crippen LogP contribution in [0.2, 0.25) is 19.6 Å². The number of hydrogen-bond acceptors (Lipinski definition) is 2. The Morgan fingerprint density at radius 1 is 1.25 bits per heavy atom. The van der Waals surface area contributed by atoms with Gasteiger partial charge in [-0.3, -0.25) is 0 Å². The second kappa shape index (κ2) is 5.03. The van der Waals surface area contributed by atoms with Crippen LogP contribution in [0.15, 0.2) is 24.2 Å². The molecule has 2 nitrogen and oxygen atoms in total. The summed E-state index contributed by atoms with van der Waals surface area (Å²) in [5.74, 6) is 0.885.